The molecule has 0 aromatic heterocycles. The minimum absolute atomic E-state index is 1.09. The summed E-state index contributed by atoms with van der Waals surface area (Å²) in [6.07, 6.45) is 0. The molecule has 0 atom stereocenters. The van der Waals surface area contributed by atoms with Crippen LogP contribution in [0.3, 0.4) is 0 Å². The fourth-order valence-electron chi connectivity index (χ4n) is 2.10. The fourth-order valence-corrected chi connectivity index (χ4v) is 2.10. The van der Waals surface area contributed by atoms with E-state index >= 15 is 0 Å². The summed E-state index contributed by atoms with van der Waals surface area (Å²) < 4.78 is 0. The Morgan fingerprint density at radius 1 is 0.778 bits per heavy atom. The minimum atomic E-state index is 1.09. The fraction of sp³-hybridized carbons (Fsp3) is 0.200. The minimum Gasteiger partial charge on any atom is -0.388 e. The molecule has 2 rings (SSSR count). The molecule has 0 amide bonds. The lowest BCUT2D eigenvalue weighted by molar-refractivity contribution is 1.42. The first-order chi connectivity index (χ1) is 8.80. The molecule has 18 heavy (non-hydrogen) atoms. The molecule has 3 heteroatoms. The predicted molar refractivity (Wildman–Crippen MR) is 80.5 cm³/mol. The maximum Gasteiger partial charge on any atom is 0.0654 e. The van der Waals surface area contributed by atoms with Crippen LogP contribution in [0.2, 0.25) is 0 Å². The van der Waals surface area contributed by atoms with Gasteiger partial charge < -0.3 is 16.0 Å². The maximum absolute atomic E-state index is 3.27. The summed E-state index contributed by atoms with van der Waals surface area (Å²) in [6.45, 7) is 0. The van der Waals surface area contributed by atoms with E-state index in [1.165, 1.54) is 11.1 Å². The highest BCUT2D eigenvalue weighted by Crippen LogP contribution is 2.36. The van der Waals surface area contributed by atoms with Crippen LogP contribution in [0.1, 0.15) is 0 Å². The third kappa shape index (κ3) is 2.25. The zero-order chi connectivity index (χ0) is 13.0. The summed E-state index contributed by atoms with van der Waals surface area (Å²) in [6, 6.07) is 14.6. The lowest BCUT2D eigenvalue weighted by atomic mass is 10.0. The summed E-state index contributed by atoms with van der Waals surface area (Å²) in [5, 5.41) is 9.70. The van der Waals surface area contributed by atoms with E-state index in [-0.39, 0.29) is 0 Å². The van der Waals surface area contributed by atoms with Crippen molar-refractivity contribution in [1.29, 1.82) is 0 Å². The first-order valence-electron chi connectivity index (χ1n) is 6.07. The second-order valence-corrected chi connectivity index (χ2v) is 4.06. The SMILES string of the molecule is CNc1cc(NC)c(NC)c(-c2ccccc2)c1. The number of hydrogen-bond acceptors (Lipinski definition) is 3. The highest BCUT2D eigenvalue weighted by atomic mass is 14.9. The van der Waals surface area contributed by atoms with Crippen molar-refractivity contribution in [3.63, 3.8) is 0 Å². The Morgan fingerprint density at radius 2 is 1.50 bits per heavy atom. The molecule has 2 aromatic carbocycles. The summed E-state index contributed by atoms with van der Waals surface area (Å²) >= 11 is 0. The standard InChI is InChI=1S/C15H19N3/c1-16-12-9-13(11-7-5-4-6-8-11)15(18-3)14(10-12)17-2/h4-10,16-18H,1-3H3. The summed E-state index contributed by atoms with van der Waals surface area (Å²) in [5.41, 5.74) is 5.69. The zero-order valence-corrected chi connectivity index (χ0v) is 11.0. The molecule has 0 unspecified atom stereocenters. The highest BCUT2D eigenvalue weighted by Gasteiger charge is 2.10. The van der Waals surface area contributed by atoms with Gasteiger partial charge in [0, 0.05) is 32.4 Å². The molecule has 2 aromatic rings. The molecule has 0 aliphatic heterocycles. The molecule has 94 valence electrons. The Labute approximate surface area is 108 Å². The van der Waals surface area contributed by atoms with Crippen molar-refractivity contribution in [1.82, 2.24) is 0 Å². The van der Waals surface area contributed by atoms with Crippen LogP contribution in [-0.4, -0.2) is 21.1 Å². The molecule has 0 aliphatic rings. The van der Waals surface area contributed by atoms with Crippen LogP contribution in [0.15, 0.2) is 42.5 Å². The van der Waals surface area contributed by atoms with Gasteiger partial charge in [-0.3, -0.25) is 0 Å². The summed E-state index contributed by atoms with van der Waals surface area (Å²) in [4.78, 5) is 0. The van der Waals surface area contributed by atoms with Gasteiger partial charge in [0.05, 0.1) is 11.4 Å². The third-order valence-electron chi connectivity index (χ3n) is 3.03. The lowest BCUT2D eigenvalue weighted by Gasteiger charge is -2.17. The van der Waals surface area contributed by atoms with Gasteiger partial charge in [-0.1, -0.05) is 30.3 Å². The van der Waals surface area contributed by atoms with Crippen LogP contribution < -0.4 is 16.0 Å². The Balaban J connectivity index is 2.64. The van der Waals surface area contributed by atoms with Gasteiger partial charge in [0.1, 0.15) is 0 Å². The van der Waals surface area contributed by atoms with Crippen LogP contribution >= 0.6 is 0 Å². The number of benzene rings is 2. The Morgan fingerprint density at radius 3 is 2.06 bits per heavy atom. The van der Waals surface area contributed by atoms with E-state index in [9.17, 15) is 0 Å². The van der Waals surface area contributed by atoms with Crippen molar-refractivity contribution in [3.8, 4) is 11.1 Å². The molecule has 0 radical (unpaired) electrons. The summed E-state index contributed by atoms with van der Waals surface area (Å²) in [7, 11) is 5.81. The first-order valence-corrected chi connectivity index (χ1v) is 6.07. The molecule has 0 heterocycles. The quantitative estimate of drug-likeness (QED) is 0.767. The van der Waals surface area contributed by atoms with Crippen molar-refractivity contribution in [3.05, 3.63) is 42.5 Å². The largest absolute Gasteiger partial charge is 0.388 e. The molecule has 0 saturated heterocycles. The molecule has 3 nitrogen and oxygen atoms in total. The van der Waals surface area contributed by atoms with E-state index in [1.54, 1.807) is 0 Å². The van der Waals surface area contributed by atoms with Crippen molar-refractivity contribution in [2.45, 2.75) is 0 Å². The molecule has 0 aliphatic carbocycles. The Hall–Kier alpha value is -2.16. The summed E-state index contributed by atoms with van der Waals surface area (Å²) in [5.74, 6) is 0. The van der Waals surface area contributed by atoms with E-state index in [2.05, 4.69) is 52.3 Å². The van der Waals surface area contributed by atoms with E-state index in [0.29, 0.717) is 0 Å². The number of hydrogen-bond donors (Lipinski definition) is 3. The second kappa shape index (κ2) is 5.45. The molecular formula is C15H19N3. The van der Waals surface area contributed by atoms with Gasteiger partial charge in [-0.2, -0.15) is 0 Å². The highest BCUT2D eigenvalue weighted by molar-refractivity contribution is 5.90. The van der Waals surface area contributed by atoms with E-state index in [4.69, 9.17) is 0 Å². The van der Waals surface area contributed by atoms with Gasteiger partial charge in [0.15, 0.2) is 0 Å². The van der Waals surface area contributed by atoms with Gasteiger partial charge in [-0.25, -0.2) is 0 Å². The Kier molecular flexibility index (Phi) is 3.72. The number of nitrogens with one attached hydrogen (secondary N) is 3. The average molecular weight is 241 g/mol. The normalized spacial score (nSPS) is 9.94. The maximum atomic E-state index is 3.27. The Bertz CT molecular complexity index is 521. The monoisotopic (exact) mass is 241 g/mol. The van der Waals surface area contributed by atoms with E-state index in [1.807, 2.05) is 27.2 Å². The molecule has 0 fully saturated rings. The zero-order valence-electron chi connectivity index (χ0n) is 11.0. The number of rotatable bonds is 4. The van der Waals surface area contributed by atoms with Crippen LogP contribution in [0.25, 0.3) is 11.1 Å². The van der Waals surface area contributed by atoms with Gasteiger partial charge in [0.2, 0.25) is 0 Å². The molecule has 3 N–H and O–H groups in total. The van der Waals surface area contributed by atoms with Crippen molar-refractivity contribution in [2.24, 2.45) is 0 Å². The second-order valence-electron chi connectivity index (χ2n) is 4.06. The number of anilines is 3. The average Bonchev–Trinajstić information content (AvgIpc) is 2.46. The predicted octanol–water partition coefficient (Wildman–Crippen LogP) is 3.48. The molecular weight excluding hydrogens is 222 g/mol. The molecule has 0 spiro atoms. The third-order valence-corrected chi connectivity index (χ3v) is 3.03. The van der Waals surface area contributed by atoms with Crippen molar-refractivity contribution >= 4 is 17.1 Å². The molecule has 0 bridgehead atoms. The van der Waals surface area contributed by atoms with Gasteiger partial charge in [-0.05, 0) is 17.7 Å². The first kappa shape index (κ1) is 12.3. The van der Waals surface area contributed by atoms with Crippen LogP contribution in [0, 0.1) is 0 Å². The van der Waals surface area contributed by atoms with Crippen LogP contribution in [0.4, 0.5) is 17.1 Å². The van der Waals surface area contributed by atoms with Gasteiger partial charge >= 0.3 is 0 Å². The van der Waals surface area contributed by atoms with Gasteiger partial charge in [-0.15, -0.1) is 0 Å². The van der Waals surface area contributed by atoms with Crippen LogP contribution in [-0.2, 0) is 0 Å². The smallest absolute Gasteiger partial charge is 0.0654 e. The van der Waals surface area contributed by atoms with Crippen molar-refractivity contribution < 1.29 is 0 Å². The van der Waals surface area contributed by atoms with E-state index in [0.717, 1.165) is 17.1 Å². The van der Waals surface area contributed by atoms with E-state index < -0.39 is 0 Å². The topological polar surface area (TPSA) is 36.1 Å². The van der Waals surface area contributed by atoms with Crippen molar-refractivity contribution in [2.75, 3.05) is 37.1 Å². The molecule has 0 saturated carbocycles. The lowest BCUT2D eigenvalue weighted by Crippen LogP contribution is -2.01. The van der Waals surface area contributed by atoms with Crippen LogP contribution in [0.5, 0.6) is 0 Å². The van der Waals surface area contributed by atoms with Gasteiger partial charge in [0.25, 0.3) is 0 Å².